The van der Waals surface area contributed by atoms with Crippen molar-refractivity contribution in [2.45, 2.75) is 52.1 Å². The van der Waals surface area contributed by atoms with Crippen molar-refractivity contribution in [2.24, 2.45) is 5.92 Å². The molecule has 0 bridgehead atoms. The third-order valence-electron chi connectivity index (χ3n) is 2.68. The fraction of sp³-hybridized carbons (Fsp3) is 0.833. The third kappa shape index (κ3) is 6.94. The van der Waals surface area contributed by atoms with Crippen LogP contribution in [0.15, 0.2) is 0 Å². The van der Waals surface area contributed by atoms with Gasteiger partial charge in [0, 0.05) is 6.61 Å². The molecule has 17 heavy (non-hydrogen) atoms. The Balaban J connectivity index is 4.16. The predicted molar refractivity (Wildman–Crippen MR) is 62.9 cm³/mol. The van der Waals surface area contributed by atoms with Crippen molar-refractivity contribution in [2.75, 3.05) is 6.61 Å². The Labute approximate surface area is 102 Å². The zero-order valence-electron chi connectivity index (χ0n) is 10.5. The largest absolute Gasteiger partial charge is 0.481 e. The third-order valence-corrected chi connectivity index (χ3v) is 2.68. The van der Waals surface area contributed by atoms with Gasteiger partial charge in [0.15, 0.2) is 6.10 Å². The summed E-state index contributed by atoms with van der Waals surface area (Å²) < 4.78 is 5.05. The molecule has 100 valence electrons. The summed E-state index contributed by atoms with van der Waals surface area (Å²) in [4.78, 5) is 21.8. The highest BCUT2D eigenvalue weighted by Crippen LogP contribution is 2.17. The average Bonchev–Trinajstić information content (AvgIpc) is 2.26. The van der Waals surface area contributed by atoms with Gasteiger partial charge in [-0.15, -0.1) is 0 Å². The summed E-state index contributed by atoms with van der Waals surface area (Å²) in [5.41, 5.74) is 0. The van der Waals surface area contributed by atoms with Crippen LogP contribution in [0.2, 0.25) is 0 Å². The van der Waals surface area contributed by atoms with E-state index >= 15 is 0 Å². The Morgan fingerprint density at radius 3 is 2.12 bits per heavy atom. The molecule has 0 aromatic carbocycles. The number of hydrogen-bond donors (Lipinski definition) is 2. The van der Waals surface area contributed by atoms with E-state index in [-0.39, 0.29) is 6.42 Å². The molecule has 2 unspecified atom stereocenters. The van der Waals surface area contributed by atoms with Gasteiger partial charge in [-0.25, -0.2) is 4.79 Å². The molecule has 0 spiro atoms. The van der Waals surface area contributed by atoms with E-state index in [1.54, 1.807) is 6.92 Å². The number of rotatable bonds is 10. The first-order chi connectivity index (χ1) is 8.02. The van der Waals surface area contributed by atoms with Crippen LogP contribution in [-0.2, 0) is 14.3 Å². The van der Waals surface area contributed by atoms with Gasteiger partial charge in [-0.05, 0) is 26.2 Å². The van der Waals surface area contributed by atoms with Gasteiger partial charge in [0.25, 0.3) is 0 Å². The van der Waals surface area contributed by atoms with E-state index in [1.807, 2.05) is 6.92 Å². The minimum atomic E-state index is -1.02. The van der Waals surface area contributed by atoms with Crippen molar-refractivity contribution < 1.29 is 24.5 Å². The summed E-state index contributed by atoms with van der Waals surface area (Å²) >= 11 is 0. The van der Waals surface area contributed by atoms with Gasteiger partial charge in [0.1, 0.15) is 0 Å². The smallest absolute Gasteiger partial charge is 0.332 e. The van der Waals surface area contributed by atoms with E-state index in [0.717, 1.165) is 12.8 Å². The van der Waals surface area contributed by atoms with Crippen LogP contribution < -0.4 is 0 Å². The Hall–Kier alpha value is -1.10. The van der Waals surface area contributed by atoms with Crippen LogP contribution >= 0.6 is 0 Å². The maximum atomic E-state index is 11.0. The monoisotopic (exact) mass is 246 g/mol. The van der Waals surface area contributed by atoms with Gasteiger partial charge in [-0.3, -0.25) is 4.79 Å². The Morgan fingerprint density at radius 1 is 1.06 bits per heavy atom. The number of unbranched alkanes of at least 4 members (excludes halogenated alkanes) is 1. The van der Waals surface area contributed by atoms with Crippen LogP contribution in [0, 0.1) is 5.92 Å². The van der Waals surface area contributed by atoms with Gasteiger partial charge >= 0.3 is 11.9 Å². The van der Waals surface area contributed by atoms with E-state index in [0.29, 0.717) is 19.4 Å². The summed E-state index contributed by atoms with van der Waals surface area (Å²) in [6, 6.07) is 0. The number of aliphatic carboxylic acids is 2. The van der Waals surface area contributed by atoms with Crippen LogP contribution in [0.5, 0.6) is 0 Å². The lowest BCUT2D eigenvalue weighted by molar-refractivity contribution is -0.152. The molecule has 2 atom stereocenters. The van der Waals surface area contributed by atoms with Crippen LogP contribution in [-0.4, -0.2) is 34.9 Å². The van der Waals surface area contributed by atoms with Crippen LogP contribution in [0.3, 0.4) is 0 Å². The topological polar surface area (TPSA) is 83.8 Å². The zero-order chi connectivity index (χ0) is 13.3. The summed E-state index contributed by atoms with van der Waals surface area (Å²) in [5.74, 6) is -2.33. The molecule has 0 heterocycles. The first-order valence-corrected chi connectivity index (χ1v) is 6.10. The number of carboxylic acid groups (broad SMARTS) is 2. The van der Waals surface area contributed by atoms with Crippen molar-refractivity contribution in [1.29, 1.82) is 0 Å². The molecule has 0 aliphatic heterocycles. The van der Waals surface area contributed by atoms with Crippen LogP contribution in [0.4, 0.5) is 0 Å². The Morgan fingerprint density at radius 2 is 1.71 bits per heavy atom. The lowest BCUT2D eigenvalue weighted by atomic mass is 9.95. The van der Waals surface area contributed by atoms with Crippen LogP contribution in [0.25, 0.3) is 0 Å². The second-order valence-corrected chi connectivity index (χ2v) is 4.04. The molecule has 0 saturated carbocycles. The van der Waals surface area contributed by atoms with Gasteiger partial charge in [0.2, 0.25) is 0 Å². The lowest BCUT2D eigenvalue weighted by Crippen LogP contribution is -2.26. The van der Waals surface area contributed by atoms with Crippen molar-refractivity contribution in [3.8, 4) is 0 Å². The van der Waals surface area contributed by atoms with E-state index in [1.165, 1.54) is 0 Å². The molecule has 0 aliphatic carbocycles. The number of ether oxygens (including phenoxy) is 1. The molecule has 0 aromatic heterocycles. The maximum Gasteiger partial charge on any atom is 0.332 e. The molecule has 0 amide bonds. The second-order valence-electron chi connectivity index (χ2n) is 4.04. The molecule has 0 rings (SSSR count). The molecular formula is C12H22O5. The number of carbonyl (C=O) groups is 2. The highest BCUT2D eigenvalue weighted by atomic mass is 16.5. The lowest BCUT2D eigenvalue weighted by Gasteiger charge is -2.16. The standard InChI is InChI=1S/C12H22O5/c1-3-5-6-9(11(13)14)7-8-10(12(15)16)17-4-2/h9-10H,3-8H2,1-2H3,(H,13,14)(H,15,16). The van der Waals surface area contributed by atoms with Crippen molar-refractivity contribution >= 4 is 11.9 Å². The Kier molecular flexibility index (Phi) is 8.40. The molecule has 0 radical (unpaired) electrons. The summed E-state index contributed by atoms with van der Waals surface area (Å²) in [5, 5.41) is 17.9. The van der Waals surface area contributed by atoms with Gasteiger partial charge < -0.3 is 14.9 Å². The number of carboxylic acids is 2. The first-order valence-electron chi connectivity index (χ1n) is 6.10. The van der Waals surface area contributed by atoms with Crippen molar-refractivity contribution in [3.05, 3.63) is 0 Å². The van der Waals surface area contributed by atoms with Crippen LogP contribution in [0.1, 0.15) is 46.0 Å². The Bertz CT molecular complexity index is 239. The predicted octanol–water partition coefficient (Wildman–Crippen LogP) is 2.15. The minimum Gasteiger partial charge on any atom is -0.481 e. The van der Waals surface area contributed by atoms with E-state index in [4.69, 9.17) is 14.9 Å². The average molecular weight is 246 g/mol. The molecular weight excluding hydrogens is 224 g/mol. The molecule has 0 saturated heterocycles. The molecule has 5 heteroatoms. The van der Waals surface area contributed by atoms with Crippen molar-refractivity contribution in [3.63, 3.8) is 0 Å². The zero-order valence-corrected chi connectivity index (χ0v) is 10.5. The molecule has 5 nitrogen and oxygen atoms in total. The van der Waals surface area contributed by atoms with Gasteiger partial charge in [0.05, 0.1) is 5.92 Å². The number of hydrogen-bond acceptors (Lipinski definition) is 3. The second kappa shape index (κ2) is 8.98. The molecule has 0 fully saturated rings. The van der Waals surface area contributed by atoms with E-state index in [2.05, 4.69) is 0 Å². The summed E-state index contributed by atoms with van der Waals surface area (Å²) in [6.07, 6.45) is 2.12. The summed E-state index contributed by atoms with van der Waals surface area (Å²) in [7, 11) is 0. The van der Waals surface area contributed by atoms with Gasteiger partial charge in [-0.2, -0.15) is 0 Å². The van der Waals surface area contributed by atoms with E-state index in [9.17, 15) is 9.59 Å². The first kappa shape index (κ1) is 15.9. The molecule has 0 aliphatic rings. The normalized spacial score (nSPS) is 14.2. The highest BCUT2D eigenvalue weighted by molar-refractivity contribution is 5.73. The molecule has 2 N–H and O–H groups in total. The van der Waals surface area contributed by atoms with E-state index < -0.39 is 24.0 Å². The van der Waals surface area contributed by atoms with Crippen molar-refractivity contribution in [1.82, 2.24) is 0 Å². The minimum absolute atomic E-state index is 0.254. The summed E-state index contributed by atoms with van der Waals surface area (Å²) in [6.45, 7) is 4.05. The van der Waals surface area contributed by atoms with Gasteiger partial charge in [-0.1, -0.05) is 19.8 Å². The quantitative estimate of drug-likeness (QED) is 0.617. The fourth-order valence-corrected chi connectivity index (χ4v) is 1.67. The maximum absolute atomic E-state index is 11.0. The SMILES string of the molecule is CCCCC(CCC(OCC)C(=O)O)C(=O)O. The highest BCUT2D eigenvalue weighted by Gasteiger charge is 2.22. The molecule has 0 aromatic rings. The fourth-order valence-electron chi connectivity index (χ4n) is 1.67.